The maximum absolute atomic E-state index is 12.7. The van der Waals surface area contributed by atoms with Crippen LogP contribution >= 0.6 is 0 Å². The van der Waals surface area contributed by atoms with Crippen molar-refractivity contribution in [1.82, 2.24) is 0 Å². The van der Waals surface area contributed by atoms with E-state index >= 15 is 0 Å². The smallest absolute Gasteiger partial charge is 0.357 e. The molecule has 1 heterocycles. The third-order valence-electron chi connectivity index (χ3n) is 2.21. The normalized spacial score (nSPS) is 16.2. The van der Waals surface area contributed by atoms with Crippen LogP contribution in [0.3, 0.4) is 0 Å². The molecule has 0 aliphatic carbocycles. The molecule has 0 saturated carbocycles. The zero-order chi connectivity index (χ0) is 14.9. The maximum atomic E-state index is 12.7. The summed E-state index contributed by atoms with van der Waals surface area (Å²) < 4.78 is 43.2. The Labute approximate surface area is 112 Å². The molecule has 0 unspecified atom stereocenters. The summed E-state index contributed by atoms with van der Waals surface area (Å²) in [5.74, 6) is -3.53. The van der Waals surface area contributed by atoms with Gasteiger partial charge in [-0.25, -0.2) is 14.0 Å². The van der Waals surface area contributed by atoms with E-state index in [0.29, 0.717) is 6.08 Å². The summed E-state index contributed by atoms with van der Waals surface area (Å²) in [6, 6.07) is 4.27. The van der Waals surface area contributed by atoms with Crippen molar-refractivity contribution in [2.24, 2.45) is 4.40 Å². The molecule has 0 atom stereocenters. The second kappa shape index (κ2) is 4.85. The number of ether oxygens (including phenoxy) is 1. The molecule has 20 heavy (non-hydrogen) atoms. The quantitative estimate of drug-likeness (QED) is 0.642. The first-order valence-electron chi connectivity index (χ1n) is 5.07. The number of hydrogen-bond acceptors (Lipinski definition) is 5. The van der Waals surface area contributed by atoms with Crippen LogP contribution in [0.1, 0.15) is 0 Å². The largest absolute Gasteiger partial charge is 0.476 e. The molecule has 0 amide bonds. The van der Waals surface area contributed by atoms with E-state index in [9.17, 15) is 22.4 Å². The Hall–Kier alpha value is -2.55. The standard InChI is InChI=1S/C11H6FNO6S/c12-6-1-3-7(4-2-6)19-11(16)9-5-8(10(14)15)13-20(9,17)18/h1-5H,(H,14,15). The lowest BCUT2D eigenvalue weighted by Crippen LogP contribution is -2.15. The van der Waals surface area contributed by atoms with Crippen LogP contribution in [0.5, 0.6) is 5.75 Å². The molecule has 2 rings (SSSR count). The zero-order valence-electron chi connectivity index (χ0n) is 9.61. The Morgan fingerprint density at radius 3 is 2.30 bits per heavy atom. The van der Waals surface area contributed by atoms with Crippen LogP contribution < -0.4 is 4.74 Å². The van der Waals surface area contributed by atoms with Crippen LogP contribution in [0.2, 0.25) is 0 Å². The highest BCUT2D eigenvalue weighted by atomic mass is 32.2. The number of carboxylic acids is 1. The number of esters is 1. The highest BCUT2D eigenvalue weighted by Gasteiger charge is 2.34. The lowest BCUT2D eigenvalue weighted by molar-refractivity contribution is -0.130. The number of halogens is 1. The molecule has 104 valence electrons. The van der Waals surface area contributed by atoms with Gasteiger partial charge < -0.3 is 9.84 Å². The molecule has 0 fully saturated rings. The van der Waals surface area contributed by atoms with Gasteiger partial charge in [-0.2, -0.15) is 12.8 Å². The zero-order valence-corrected chi connectivity index (χ0v) is 10.4. The number of benzene rings is 1. The minimum atomic E-state index is -4.39. The molecule has 1 aromatic rings. The molecular weight excluding hydrogens is 293 g/mol. The van der Waals surface area contributed by atoms with Crippen molar-refractivity contribution in [3.05, 3.63) is 41.1 Å². The lowest BCUT2D eigenvalue weighted by Gasteiger charge is -2.03. The second-order valence-corrected chi connectivity index (χ2v) is 5.18. The number of carbonyl (C=O) groups excluding carboxylic acids is 1. The van der Waals surface area contributed by atoms with Gasteiger partial charge in [-0.3, -0.25) is 0 Å². The third kappa shape index (κ3) is 2.72. The summed E-state index contributed by atoms with van der Waals surface area (Å²) in [7, 11) is -4.39. The van der Waals surface area contributed by atoms with E-state index in [-0.39, 0.29) is 5.75 Å². The Kier molecular flexibility index (Phi) is 3.36. The van der Waals surface area contributed by atoms with E-state index in [1.165, 1.54) is 0 Å². The molecule has 0 radical (unpaired) electrons. The minimum absolute atomic E-state index is 0.0868. The van der Waals surface area contributed by atoms with Crippen LogP contribution in [0.25, 0.3) is 0 Å². The fourth-order valence-electron chi connectivity index (χ4n) is 1.33. The highest BCUT2D eigenvalue weighted by Crippen LogP contribution is 2.20. The summed E-state index contributed by atoms with van der Waals surface area (Å²) in [4.78, 5) is 21.4. The van der Waals surface area contributed by atoms with Crippen molar-refractivity contribution in [2.45, 2.75) is 0 Å². The average Bonchev–Trinajstić information content (AvgIpc) is 2.68. The molecule has 0 aromatic heterocycles. The monoisotopic (exact) mass is 299 g/mol. The number of aliphatic carboxylic acids is 1. The summed E-state index contributed by atoms with van der Waals surface area (Å²) in [5, 5.41) is 8.63. The number of rotatable bonds is 3. The SMILES string of the molecule is O=C(O)C1=NS(=O)(=O)C(C(=O)Oc2ccc(F)cc2)=C1. The van der Waals surface area contributed by atoms with Gasteiger partial charge in [-0.05, 0) is 24.3 Å². The van der Waals surface area contributed by atoms with Crippen molar-refractivity contribution in [1.29, 1.82) is 0 Å². The highest BCUT2D eigenvalue weighted by molar-refractivity contribution is 7.95. The molecule has 1 aliphatic heterocycles. The summed E-state index contributed by atoms with van der Waals surface area (Å²) >= 11 is 0. The van der Waals surface area contributed by atoms with E-state index in [1.54, 1.807) is 0 Å². The van der Waals surface area contributed by atoms with Gasteiger partial charge in [-0.15, -0.1) is 0 Å². The van der Waals surface area contributed by atoms with Crippen LogP contribution in [0.4, 0.5) is 4.39 Å². The topological polar surface area (TPSA) is 110 Å². The number of carbonyl (C=O) groups is 2. The molecule has 7 nitrogen and oxygen atoms in total. The van der Waals surface area contributed by atoms with Crippen molar-refractivity contribution < 1.29 is 32.2 Å². The van der Waals surface area contributed by atoms with Crippen molar-refractivity contribution >= 4 is 27.7 Å². The first-order chi connectivity index (χ1) is 9.29. The number of carboxylic acid groups (broad SMARTS) is 1. The van der Waals surface area contributed by atoms with Crippen LogP contribution in [-0.4, -0.2) is 31.2 Å². The summed E-state index contributed by atoms with van der Waals surface area (Å²) in [6.45, 7) is 0. The van der Waals surface area contributed by atoms with Crippen molar-refractivity contribution in [3.8, 4) is 5.75 Å². The predicted octanol–water partition coefficient (Wildman–Crippen LogP) is 0.484. The summed E-state index contributed by atoms with van der Waals surface area (Å²) in [5.41, 5.74) is -0.781. The predicted molar refractivity (Wildman–Crippen MR) is 64.1 cm³/mol. The summed E-state index contributed by atoms with van der Waals surface area (Å²) in [6.07, 6.45) is 0.601. The molecule has 0 saturated heterocycles. The average molecular weight is 299 g/mol. The van der Waals surface area contributed by atoms with Crippen molar-refractivity contribution in [2.75, 3.05) is 0 Å². The second-order valence-electron chi connectivity index (χ2n) is 3.61. The van der Waals surface area contributed by atoms with E-state index in [4.69, 9.17) is 9.84 Å². The maximum Gasteiger partial charge on any atom is 0.357 e. The van der Waals surface area contributed by atoms with Gasteiger partial charge in [0.05, 0.1) is 0 Å². The molecule has 1 N–H and O–H groups in total. The van der Waals surface area contributed by atoms with E-state index < -0.39 is 38.4 Å². The lowest BCUT2D eigenvalue weighted by atomic mass is 10.3. The van der Waals surface area contributed by atoms with Gasteiger partial charge in [0.15, 0.2) is 10.6 Å². The Bertz CT molecular complexity index is 748. The van der Waals surface area contributed by atoms with E-state index in [1.807, 2.05) is 0 Å². The number of sulfonamides is 1. The van der Waals surface area contributed by atoms with E-state index in [0.717, 1.165) is 24.3 Å². The first-order valence-corrected chi connectivity index (χ1v) is 6.51. The molecule has 1 aliphatic rings. The Balaban J connectivity index is 2.25. The van der Waals surface area contributed by atoms with Crippen LogP contribution in [-0.2, 0) is 19.6 Å². The van der Waals surface area contributed by atoms with Crippen molar-refractivity contribution in [3.63, 3.8) is 0 Å². The molecule has 0 spiro atoms. The van der Waals surface area contributed by atoms with Gasteiger partial charge in [0, 0.05) is 6.08 Å². The van der Waals surface area contributed by atoms with Gasteiger partial charge in [0.1, 0.15) is 11.6 Å². The van der Waals surface area contributed by atoms with Crippen LogP contribution in [0, 0.1) is 5.82 Å². The van der Waals surface area contributed by atoms with Gasteiger partial charge >= 0.3 is 11.9 Å². The van der Waals surface area contributed by atoms with Gasteiger partial charge in [0.2, 0.25) is 0 Å². The van der Waals surface area contributed by atoms with Crippen LogP contribution in [0.15, 0.2) is 39.6 Å². The molecular formula is C11H6FNO6S. The van der Waals surface area contributed by atoms with E-state index in [2.05, 4.69) is 4.40 Å². The Morgan fingerprint density at radius 2 is 1.80 bits per heavy atom. The minimum Gasteiger partial charge on any atom is -0.476 e. The fraction of sp³-hybridized carbons (Fsp3) is 0. The molecule has 1 aromatic carbocycles. The fourth-order valence-corrected chi connectivity index (χ4v) is 2.33. The molecule has 0 bridgehead atoms. The third-order valence-corrected chi connectivity index (χ3v) is 3.49. The van der Waals surface area contributed by atoms with Gasteiger partial charge in [0.25, 0.3) is 10.0 Å². The Morgan fingerprint density at radius 1 is 1.20 bits per heavy atom. The number of nitrogens with zero attached hydrogens (tertiary/aromatic N) is 1. The van der Waals surface area contributed by atoms with Gasteiger partial charge in [-0.1, -0.05) is 0 Å². The molecule has 9 heteroatoms. The number of hydrogen-bond donors (Lipinski definition) is 1. The first kappa shape index (κ1) is 13.9.